The van der Waals surface area contributed by atoms with Crippen LogP contribution in [0.5, 0.6) is 0 Å². The van der Waals surface area contributed by atoms with Crippen molar-refractivity contribution in [1.29, 1.82) is 0 Å². The lowest BCUT2D eigenvalue weighted by atomic mass is 10.3. The zero-order valence-corrected chi connectivity index (χ0v) is 6.83. The van der Waals surface area contributed by atoms with E-state index in [1.165, 1.54) is 6.33 Å². The van der Waals surface area contributed by atoms with Crippen molar-refractivity contribution in [3.63, 3.8) is 0 Å². The number of nitrogens with zero attached hydrogens (tertiary/aromatic N) is 1. The lowest BCUT2D eigenvalue weighted by Gasteiger charge is -1.99. The third-order valence-electron chi connectivity index (χ3n) is 1.38. The van der Waals surface area contributed by atoms with Crippen molar-refractivity contribution in [3.05, 3.63) is 12.0 Å². The number of carbonyl (C=O) groups is 1. The Morgan fingerprint density at radius 2 is 2.58 bits per heavy atom. The number of rotatable bonds is 3. The predicted octanol–water partition coefficient (Wildman–Crippen LogP) is 0.0975. The predicted molar refractivity (Wildman–Crippen MR) is 43.3 cm³/mol. The Morgan fingerprint density at radius 3 is 3.08 bits per heavy atom. The molecule has 0 saturated carbocycles. The number of nitrogen functional groups attached to an aromatic ring is 1. The number of aromatic amines is 1. The topological polar surface area (TPSA) is 81.0 Å². The number of anilines is 1. The summed E-state index contributed by atoms with van der Waals surface area (Å²) < 4.78 is 4.73. The third kappa shape index (κ3) is 1.98. The number of ether oxygens (including phenoxy) is 1. The average molecular weight is 169 g/mol. The normalized spacial score (nSPS) is 9.75. The maximum atomic E-state index is 10.9. The number of esters is 1. The number of H-pyrrole nitrogens is 1. The van der Waals surface area contributed by atoms with E-state index in [0.717, 1.165) is 0 Å². The monoisotopic (exact) mass is 169 g/mol. The molecule has 0 saturated heterocycles. The summed E-state index contributed by atoms with van der Waals surface area (Å²) in [5, 5.41) is 0. The number of imidazole rings is 1. The molecule has 0 radical (unpaired) electrons. The van der Waals surface area contributed by atoms with Crippen LogP contribution in [0.1, 0.15) is 12.6 Å². The molecule has 0 aromatic carbocycles. The van der Waals surface area contributed by atoms with Gasteiger partial charge in [0, 0.05) is 0 Å². The van der Waals surface area contributed by atoms with E-state index < -0.39 is 0 Å². The lowest BCUT2D eigenvalue weighted by Crippen LogP contribution is -2.09. The second-order valence-corrected chi connectivity index (χ2v) is 2.25. The molecule has 0 unspecified atom stereocenters. The summed E-state index contributed by atoms with van der Waals surface area (Å²) in [5.74, 6) is 0.0523. The van der Waals surface area contributed by atoms with E-state index in [2.05, 4.69) is 9.97 Å². The minimum absolute atomic E-state index is 0.152. The van der Waals surface area contributed by atoms with Crippen LogP contribution in [0.4, 0.5) is 5.82 Å². The van der Waals surface area contributed by atoms with Gasteiger partial charge in [-0.15, -0.1) is 0 Å². The van der Waals surface area contributed by atoms with Gasteiger partial charge in [-0.3, -0.25) is 4.79 Å². The summed E-state index contributed by atoms with van der Waals surface area (Å²) in [5.41, 5.74) is 6.04. The summed E-state index contributed by atoms with van der Waals surface area (Å²) in [6.07, 6.45) is 1.60. The van der Waals surface area contributed by atoms with Gasteiger partial charge in [-0.25, -0.2) is 4.98 Å². The highest BCUT2D eigenvalue weighted by molar-refractivity contribution is 5.73. The number of nitrogens with one attached hydrogen (secondary N) is 1. The second kappa shape index (κ2) is 3.75. The summed E-state index contributed by atoms with van der Waals surface area (Å²) in [6, 6.07) is 0. The van der Waals surface area contributed by atoms with Gasteiger partial charge in [0.25, 0.3) is 0 Å². The Balaban J connectivity index is 2.52. The Labute approximate surface area is 69.9 Å². The molecular weight excluding hydrogens is 158 g/mol. The zero-order valence-electron chi connectivity index (χ0n) is 6.83. The van der Waals surface area contributed by atoms with Crippen molar-refractivity contribution in [1.82, 2.24) is 9.97 Å². The van der Waals surface area contributed by atoms with Gasteiger partial charge in [0.15, 0.2) is 0 Å². The molecule has 66 valence electrons. The molecule has 0 fully saturated rings. The van der Waals surface area contributed by atoms with Crippen molar-refractivity contribution in [2.75, 3.05) is 12.3 Å². The molecule has 1 rings (SSSR count). The fourth-order valence-electron chi connectivity index (χ4n) is 0.830. The maximum absolute atomic E-state index is 10.9. The molecular formula is C7H11N3O2. The van der Waals surface area contributed by atoms with Gasteiger partial charge in [-0.05, 0) is 6.92 Å². The maximum Gasteiger partial charge on any atom is 0.311 e. The smallest absolute Gasteiger partial charge is 0.311 e. The SMILES string of the molecule is CCOC(=O)Cc1[nH]cnc1N. The van der Waals surface area contributed by atoms with Crippen LogP contribution in [-0.4, -0.2) is 22.5 Å². The second-order valence-electron chi connectivity index (χ2n) is 2.25. The quantitative estimate of drug-likeness (QED) is 0.628. The molecule has 0 aliphatic carbocycles. The molecule has 5 heteroatoms. The molecule has 0 spiro atoms. The van der Waals surface area contributed by atoms with E-state index in [0.29, 0.717) is 18.1 Å². The molecule has 12 heavy (non-hydrogen) atoms. The first-order chi connectivity index (χ1) is 5.74. The van der Waals surface area contributed by atoms with Crippen molar-refractivity contribution in [2.24, 2.45) is 0 Å². The molecule has 3 N–H and O–H groups in total. The first-order valence-electron chi connectivity index (χ1n) is 3.67. The van der Waals surface area contributed by atoms with E-state index >= 15 is 0 Å². The highest BCUT2D eigenvalue weighted by Gasteiger charge is 2.08. The van der Waals surface area contributed by atoms with Crippen LogP contribution in [0.25, 0.3) is 0 Å². The van der Waals surface area contributed by atoms with Crippen molar-refractivity contribution in [3.8, 4) is 0 Å². The standard InChI is InChI=1S/C7H11N3O2/c1-2-12-6(11)3-5-7(8)10-4-9-5/h4H,2-3,8H2,1H3,(H,9,10). The molecule has 1 aromatic heterocycles. The van der Waals surface area contributed by atoms with Crippen molar-refractivity contribution < 1.29 is 9.53 Å². The minimum Gasteiger partial charge on any atom is -0.466 e. The van der Waals surface area contributed by atoms with E-state index in [1.807, 2.05) is 0 Å². The van der Waals surface area contributed by atoms with Crippen LogP contribution in [-0.2, 0) is 16.0 Å². The Hall–Kier alpha value is -1.52. The number of carbonyl (C=O) groups excluding carboxylic acids is 1. The first kappa shape index (κ1) is 8.58. The van der Waals surface area contributed by atoms with Gasteiger partial charge in [0.05, 0.1) is 25.0 Å². The first-order valence-corrected chi connectivity index (χ1v) is 3.67. The van der Waals surface area contributed by atoms with Crippen molar-refractivity contribution >= 4 is 11.8 Å². The van der Waals surface area contributed by atoms with Gasteiger partial charge in [0.1, 0.15) is 5.82 Å². The molecule has 0 bridgehead atoms. The Morgan fingerprint density at radius 1 is 1.83 bits per heavy atom. The van der Waals surface area contributed by atoms with Crippen LogP contribution >= 0.6 is 0 Å². The Kier molecular flexibility index (Phi) is 2.68. The molecule has 5 nitrogen and oxygen atoms in total. The fourth-order valence-corrected chi connectivity index (χ4v) is 0.830. The van der Waals surface area contributed by atoms with Gasteiger partial charge >= 0.3 is 5.97 Å². The van der Waals surface area contributed by atoms with Gasteiger partial charge in [-0.1, -0.05) is 0 Å². The van der Waals surface area contributed by atoms with Crippen LogP contribution < -0.4 is 5.73 Å². The van der Waals surface area contributed by atoms with E-state index in [9.17, 15) is 4.79 Å². The molecule has 0 amide bonds. The van der Waals surface area contributed by atoms with E-state index in [-0.39, 0.29) is 12.4 Å². The van der Waals surface area contributed by atoms with Gasteiger partial charge < -0.3 is 15.5 Å². The fraction of sp³-hybridized carbons (Fsp3) is 0.429. The van der Waals surface area contributed by atoms with Gasteiger partial charge in [0.2, 0.25) is 0 Å². The van der Waals surface area contributed by atoms with Crippen LogP contribution in [0, 0.1) is 0 Å². The highest BCUT2D eigenvalue weighted by Crippen LogP contribution is 2.05. The van der Waals surface area contributed by atoms with Gasteiger partial charge in [-0.2, -0.15) is 0 Å². The lowest BCUT2D eigenvalue weighted by molar-refractivity contribution is -0.142. The minimum atomic E-state index is -0.298. The number of hydrogen-bond donors (Lipinski definition) is 2. The summed E-state index contributed by atoms with van der Waals surface area (Å²) in [4.78, 5) is 17.4. The molecule has 1 heterocycles. The number of hydrogen-bond acceptors (Lipinski definition) is 4. The average Bonchev–Trinajstić information content (AvgIpc) is 2.37. The van der Waals surface area contributed by atoms with Crippen LogP contribution in [0.3, 0.4) is 0 Å². The summed E-state index contributed by atoms with van der Waals surface area (Å²) >= 11 is 0. The largest absolute Gasteiger partial charge is 0.466 e. The highest BCUT2D eigenvalue weighted by atomic mass is 16.5. The van der Waals surface area contributed by atoms with E-state index in [4.69, 9.17) is 10.5 Å². The molecule has 1 aromatic rings. The Bertz CT molecular complexity index is 269. The van der Waals surface area contributed by atoms with Crippen LogP contribution in [0.15, 0.2) is 6.33 Å². The number of aromatic nitrogens is 2. The zero-order chi connectivity index (χ0) is 8.97. The third-order valence-corrected chi connectivity index (χ3v) is 1.38. The molecule has 0 aliphatic rings. The molecule has 0 aliphatic heterocycles. The molecule has 0 atom stereocenters. The number of nitrogens with two attached hydrogens (primary N) is 1. The van der Waals surface area contributed by atoms with Crippen molar-refractivity contribution in [2.45, 2.75) is 13.3 Å². The van der Waals surface area contributed by atoms with E-state index in [1.54, 1.807) is 6.92 Å². The van der Waals surface area contributed by atoms with Crippen LogP contribution in [0.2, 0.25) is 0 Å². The summed E-state index contributed by atoms with van der Waals surface area (Å²) in [7, 11) is 0. The summed E-state index contributed by atoms with van der Waals surface area (Å²) in [6.45, 7) is 2.14.